The van der Waals surface area contributed by atoms with Crippen LogP contribution in [-0.2, 0) is 16.0 Å². The van der Waals surface area contributed by atoms with Gasteiger partial charge in [0.15, 0.2) is 0 Å². The standard InChI is InChI=1S/C16H24N2O2/c1-2-8-18(7-1)15-5-3-14(4-6-15)11-17-12-16-13-19-9-10-20-16/h3-6,16-17H,1-2,7-13H2. The molecule has 20 heavy (non-hydrogen) atoms. The number of benzene rings is 1. The van der Waals surface area contributed by atoms with Crippen molar-refractivity contribution in [3.63, 3.8) is 0 Å². The van der Waals surface area contributed by atoms with Gasteiger partial charge < -0.3 is 19.7 Å². The maximum absolute atomic E-state index is 5.61. The predicted molar refractivity (Wildman–Crippen MR) is 80.2 cm³/mol. The lowest BCUT2D eigenvalue weighted by atomic mass is 10.2. The largest absolute Gasteiger partial charge is 0.376 e. The van der Waals surface area contributed by atoms with E-state index in [1.54, 1.807) is 0 Å². The summed E-state index contributed by atoms with van der Waals surface area (Å²) in [5, 5.41) is 3.44. The van der Waals surface area contributed by atoms with Gasteiger partial charge in [0, 0.05) is 31.9 Å². The van der Waals surface area contributed by atoms with Crippen molar-refractivity contribution in [3.8, 4) is 0 Å². The minimum absolute atomic E-state index is 0.202. The van der Waals surface area contributed by atoms with Crippen LogP contribution in [-0.4, -0.2) is 45.6 Å². The lowest BCUT2D eigenvalue weighted by molar-refractivity contribution is -0.0864. The third kappa shape index (κ3) is 3.72. The average molecular weight is 276 g/mol. The molecule has 2 fully saturated rings. The number of nitrogens with one attached hydrogen (secondary N) is 1. The molecule has 0 aromatic heterocycles. The van der Waals surface area contributed by atoms with Crippen LogP contribution < -0.4 is 10.2 Å². The smallest absolute Gasteiger partial charge is 0.0933 e. The first-order chi connectivity index (χ1) is 9.92. The third-order valence-electron chi connectivity index (χ3n) is 3.99. The number of nitrogens with zero attached hydrogens (tertiary/aromatic N) is 1. The number of hydrogen-bond acceptors (Lipinski definition) is 4. The van der Waals surface area contributed by atoms with Gasteiger partial charge in [0.1, 0.15) is 0 Å². The maximum atomic E-state index is 5.61. The normalized spacial score (nSPS) is 23.2. The van der Waals surface area contributed by atoms with E-state index in [0.29, 0.717) is 6.61 Å². The Morgan fingerprint density at radius 1 is 1.10 bits per heavy atom. The Kier molecular flexibility index (Phi) is 4.90. The second-order valence-electron chi connectivity index (χ2n) is 5.56. The zero-order chi connectivity index (χ0) is 13.6. The van der Waals surface area contributed by atoms with E-state index in [2.05, 4.69) is 34.5 Å². The molecular formula is C16H24N2O2. The summed E-state index contributed by atoms with van der Waals surface area (Å²) in [6, 6.07) is 8.92. The van der Waals surface area contributed by atoms with Crippen molar-refractivity contribution in [2.24, 2.45) is 0 Å². The summed E-state index contributed by atoms with van der Waals surface area (Å²) in [5.41, 5.74) is 2.68. The second kappa shape index (κ2) is 7.07. The lowest BCUT2D eigenvalue weighted by Gasteiger charge is -2.23. The molecule has 0 spiro atoms. The Balaban J connectivity index is 1.43. The number of anilines is 1. The third-order valence-corrected chi connectivity index (χ3v) is 3.99. The Labute approximate surface area is 121 Å². The Bertz CT molecular complexity index is 395. The van der Waals surface area contributed by atoms with Crippen LogP contribution in [0.3, 0.4) is 0 Å². The van der Waals surface area contributed by atoms with Crippen LogP contribution in [0.15, 0.2) is 24.3 Å². The van der Waals surface area contributed by atoms with Gasteiger partial charge in [0.05, 0.1) is 25.9 Å². The molecule has 0 radical (unpaired) electrons. The molecule has 1 N–H and O–H groups in total. The summed E-state index contributed by atoms with van der Waals surface area (Å²) in [7, 11) is 0. The Morgan fingerprint density at radius 2 is 1.90 bits per heavy atom. The van der Waals surface area contributed by atoms with Crippen molar-refractivity contribution in [3.05, 3.63) is 29.8 Å². The molecule has 1 aromatic rings. The molecule has 4 nitrogen and oxygen atoms in total. The molecule has 1 unspecified atom stereocenters. The van der Waals surface area contributed by atoms with E-state index in [0.717, 1.165) is 26.3 Å². The fourth-order valence-corrected chi connectivity index (χ4v) is 2.83. The van der Waals surface area contributed by atoms with Crippen LogP contribution in [0.4, 0.5) is 5.69 Å². The van der Waals surface area contributed by atoms with Crippen molar-refractivity contribution in [1.29, 1.82) is 0 Å². The van der Waals surface area contributed by atoms with Crippen LogP contribution in [0.1, 0.15) is 18.4 Å². The summed E-state index contributed by atoms with van der Waals surface area (Å²) in [5.74, 6) is 0. The lowest BCUT2D eigenvalue weighted by Crippen LogP contribution is -2.37. The van der Waals surface area contributed by atoms with Crippen LogP contribution in [0.5, 0.6) is 0 Å². The predicted octanol–water partition coefficient (Wildman–Crippen LogP) is 1.79. The molecule has 3 rings (SSSR count). The van der Waals surface area contributed by atoms with E-state index < -0.39 is 0 Å². The van der Waals surface area contributed by atoms with E-state index in [-0.39, 0.29) is 6.10 Å². The first-order valence-electron chi connectivity index (χ1n) is 7.66. The summed E-state index contributed by atoms with van der Waals surface area (Å²) in [6.45, 7) is 6.31. The van der Waals surface area contributed by atoms with E-state index >= 15 is 0 Å². The van der Waals surface area contributed by atoms with Gasteiger partial charge in [-0.05, 0) is 30.5 Å². The van der Waals surface area contributed by atoms with Crippen molar-refractivity contribution >= 4 is 5.69 Å². The number of hydrogen-bond donors (Lipinski definition) is 1. The molecule has 0 saturated carbocycles. The van der Waals surface area contributed by atoms with Gasteiger partial charge in [0.2, 0.25) is 0 Å². The highest BCUT2D eigenvalue weighted by Gasteiger charge is 2.14. The van der Waals surface area contributed by atoms with Gasteiger partial charge in [-0.25, -0.2) is 0 Å². The quantitative estimate of drug-likeness (QED) is 0.889. The SMILES string of the molecule is c1cc(N2CCCC2)ccc1CNCC1COCCO1. The molecule has 2 heterocycles. The van der Waals surface area contributed by atoms with Gasteiger partial charge in [0.25, 0.3) is 0 Å². The zero-order valence-electron chi connectivity index (χ0n) is 12.0. The molecule has 1 aromatic carbocycles. The van der Waals surface area contributed by atoms with E-state index in [1.165, 1.54) is 37.2 Å². The molecule has 0 amide bonds. The molecule has 1 atom stereocenters. The summed E-state index contributed by atoms with van der Waals surface area (Å²) >= 11 is 0. The monoisotopic (exact) mass is 276 g/mol. The highest BCUT2D eigenvalue weighted by Crippen LogP contribution is 2.20. The maximum Gasteiger partial charge on any atom is 0.0933 e. The highest BCUT2D eigenvalue weighted by molar-refractivity contribution is 5.48. The van der Waals surface area contributed by atoms with E-state index in [1.807, 2.05) is 0 Å². The van der Waals surface area contributed by atoms with Gasteiger partial charge in [-0.15, -0.1) is 0 Å². The molecular weight excluding hydrogens is 252 g/mol. The topological polar surface area (TPSA) is 33.7 Å². The average Bonchev–Trinajstić information content (AvgIpc) is 3.03. The van der Waals surface area contributed by atoms with Crippen LogP contribution in [0.2, 0.25) is 0 Å². The molecule has 2 aliphatic heterocycles. The molecule has 0 aliphatic carbocycles. The van der Waals surface area contributed by atoms with Gasteiger partial charge in [-0.1, -0.05) is 12.1 Å². The Hall–Kier alpha value is -1.10. The number of rotatable bonds is 5. The Morgan fingerprint density at radius 3 is 2.60 bits per heavy atom. The van der Waals surface area contributed by atoms with E-state index in [9.17, 15) is 0 Å². The summed E-state index contributed by atoms with van der Waals surface area (Å²) in [6.07, 6.45) is 2.85. The van der Waals surface area contributed by atoms with Gasteiger partial charge in [-0.2, -0.15) is 0 Å². The minimum Gasteiger partial charge on any atom is -0.376 e. The van der Waals surface area contributed by atoms with Crippen LogP contribution in [0, 0.1) is 0 Å². The zero-order valence-corrected chi connectivity index (χ0v) is 12.0. The molecule has 2 aliphatic rings. The molecule has 0 bridgehead atoms. The van der Waals surface area contributed by atoms with Crippen LogP contribution >= 0.6 is 0 Å². The first-order valence-corrected chi connectivity index (χ1v) is 7.66. The minimum atomic E-state index is 0.202. The van der Waals surface area contributed by atoms with E-state index in [4.69, 9.17) is 9.47 Å². The number of ether oxygens (including phenoxy) is 2. The summed E-state index contributed by atoms with van der Waals surface area (Å²) in [4.78, 5) is 2.46. The van der Waals surface area contributed by atoms with Crippen molar-refractivity contribution in [1.82, 2.24) is 5.32 Å². The fourth-order valence-electron chi connectivity index (χ4n) is 2.83. The van der Waals surface area contributed by atoms with Gasteiger partial charge >= 0.3 is 0 Å². The summed E-state index contributed by atoms with van der Waals surface area (Å²) < 4.78 is 11.0. The first kappa shape index (κ1) is 13.9. The van der Waals surface area contributed by atoms with Crippen molar-refractivity contribution in [2.75, 3.05) is 44.4 Å². The fraction of sp³-hybridized carbons (Fsp3) is 0.625. The van der Waals surface area contributed by atoms with Crippen molar-refractivity contribution < 1.29 is 9.47 Å². The molecule has 4 heteroatoms. The highest BCUT2D eigenvalue weighted by atomic mass is 16.6. The van der Waals surface area contributed by atoms with Gasteiger partial charge in [-0.3, -0.25) is 0 Å². The molecule has 2 saturated heterocycles. The van der Waals surface area contributed by atoms with Crippen LogP contribution in [0.25, 0.3) is 0 Å². The molecule has 110 valence electrons. The van der Waals surface area contributed by atoms with Crippen molar-refractivity contribution in [2.45, 2.75) is 25.5 Å². The second-order valence-corrected chi connectivity index (χ2v) is 5.56.